The van der Waals surface area contributed by atoms with Crippen molar-refractivity contribution in [3.8, 4) is 11.8 Å². The van der Waals surface area contributed by atoms with Gasteiger partial charge in [0.25, 0.3) is 0 Å². The number of nitrogens with one attached hydrogen (secondary N) is 4. The van der Waals surface area contributed by atoms with Gasteiger partial charge in [0.15, 0.2) is 0 Å². The summed E-state index contributed by atoms with van der Waals surface area (Å²) in [4.78, 5) is 58.3. The molecule has 3 atom stereocenters. The maximum absolute atomic E-state index is 12.1. The van der Waals surface area contributed by atoms with Gasteiger partial charge in [-0.3, -0.25) is 24.0 Å². The SMILES string of the molecule is CC(=O)NCC(=O)N[C@@H](CS)C(=O)NCC(=O)N[C@@H](Cc1ccc(O)cc1)C(N)=O.N#CCCP.[99Tc]. The average molecular weight is 625 g/mol. The van der Waals surface area contributed by atoms with Crippen molar-refractivity contribution in [3.05, 3.63) is 29.8 Å². The van der Waals surface area contributed by atoms with E-state index < -0.39 is 48.2 Å². The van der Waals surface area contributed by atoms with Crippen LogP contribution in [0.4, 0.5) is 0 Å². The molecule has 199 valence electrons. The van der Waals surface area contributed by atoms with Gasteiger partial charge in [-0.1, -0.05) is 12.1 Å². The molecule has 0 bridgehead atoms. The van der Waals surface area contributed by atoms with Gasteiger partial charge < -0.3 is 32.1 Å². The second-order valence-corrected chi connectivity index (χ2v) is 7.96. The Hall–Kier alpha value is -2.71. The van der Waals surface area contributed by atoms with Gasteiger partial charge >= 0.3 is 0 Å². The van der Waals surface area contributed by atoms with Crippen LogP contribution in [0, 0.1) is 11.3 Å². The van der Waals surface area contributed by atoms with E-state index >= 15 is 0 Å². The Morgan fingerprint density at radius 3 is 2.00 bits per heavy atom. The Bertz CT molecular complexity index is 915. The molecule has 0 saturated heterocycles. The van der Waals surface area contributed by atoms with Gasteiger partial charge in [0.1, 0.15) is 17.8 Å². The zero-order valence-electron chi connectivity index (χ0n) is 19.6. The smallest absolute Gasteiger partial charge is 0.243 e. The number of phenolic OH excluding ortho intramolecular Hbond substituents is 1. The second-order valence-electron chi connectivity index (χ2n) is 7.02. The Balaban J connectivity index is 0. The van der Waals surface area contributed by atoms with Crippen LogP contribution in [0.25, 0.3) is 0 Å². The molecule has 0 heterocycles. The number of nitriles is 1. The molecule has 0 aliphatic heterocycles. The molecule has 0 saturated carbocycles. The van der Waals surface area contributed by atoms with Crippen LogP contribution >= 0.6 is 21.9 Å². The molecule has 1 rings (SSSR count). The van der Waals surface area contributed by atoms with Crippen LogP contribution in [0.5, 0.6) is 5.75 Å². The summed E-state index contributed by atoms with van der Waals surface area (Å²) >= 11 is 3.99. The molecular formula is C21H31N6O6PSTc. The van der Waals surface area contributed by atoms with Crippen molar-refractivity contribution in [2.24, 2.45) is 5.73 Å². The molecule has 0 aromatic heterocycles. The molecule has 12 nitrogen and oxygen atoms in total. The molecule has 1 aromatic carbocycles. The van der Waals surface area contributed by atoms with E-state index in [1.54, 1.807) is 12.1 Å². The molecule has 15 heteroatoms. The summed E-state index contributed by atoms with van der Waals surface area (Å²) in [7, 11) is 2.48. The predicted octanol–water partition coefficient (Wildman–Crippen LogP) is -1.66. The number of hydrogen-bond acceptors (Lipinski definition) is 8. The van der Waals surface area contributed by atoms with Crippen LogP contribution in [-0.4, -0.2) is 71.7 Å². The van der Waals surface area contributed by atoms with Crippen molar-refractivity contribution < 1.29 is 49.2 Å². The van der Waals surface area contributed by atoms with Gasteiger partial charge in [0.2, 0.25) is 29.5 Å². The van der Waals surface area contributed by atoms with Gasteiger partial charge in [0.05, 0.1) is 19.2 Å². The Morgan fingerprint density at radius 1 is 1.06 bits per heavy atom. The number of nitrogens with zero attached hydrogens (tertiary/aromatic N) is 1. The van der Waals surface area contributed by atoms with E-state index in [2.05, 4.69) is 43.1 Å². The summed E-state index contributed by atoms with van der Waals surface area (Å²) in [5.41, 5.74) is 5.98. The van der Waals surface area contributed by atoms with E-state index in [1.807, 2.05) is 6.07 Å². The molecule has 0 fully saturated rings. The molecule has 1 radical (unpaired) electrons. The number of aromatic hydroxyl groups is 1. The van der Waals surface area contributed by atoms with Crippen LogP contribution in [0.3, 0.4) is 0 Å². The zero-order valence-corrected chi connectivity index (χ0v) is 23.5. The van der Waals surface area contributed by atoms with Crippen LogP contribution in [0.15, 0.2) is 24.3 Å². The van der Waals surface area contributed by atoms with Crippen LogP contribution in [0.1, 0.15) is 18.9 Å². The zero-order chi connectivity index (χ0) is 26.8. The van der Waals surface area contributed by atoms with E-state index in [0.29, 0.717) is 12.0 Å². The van der Waals surface area contributed by atoms with Crippen molar-refractivity contribution in [2.75, 3.05) is 25.0 Å². The van der Waals surface area contributed by atoms with E-state index in [-0.39, 0.29) is 44.6 Å². The molecule has 0 spiro atoms. The van der Waals surface area contributed by atoms with E-state index in [0.717, 1.165) is 6.16 Å². The molecular weight excluding hydrogens is 594 g/mol. The van der Waals surface area contributed by atoms with Crippen LogP contribution in [0.2, 0.25) is 0 Å². The standard InChI is InChI=1S/C18H25N5O6S.C3H6NP.Tc/c1-10(24)20-7-15(26)23-14(9-30)18(29)21-8-16(27)22-13(17(19)28)6-11-2-4-12(25)5-3-11;4-2-1-3-5;/h2-5,13-14,25,30H,6-9H2,1H3,(H2,19,28)(H,20,24)(H,21,29)(H,22,27)(H,23,26);1,3,5H2;/t13-,14-;;/m0../s1/i;;1+1. The third-order valence-corrected chi connectivity index (χ3v) is 4.72. The van der Waals surface area contributed by atoms with Crippen molar-refractivity contribution in [3.63, 3.8) is 0 Å². The van der Waals surface area contributed by atoms with Gasteiger partial charge in [-0.25, -0.2) is 0 Å². The number of nitrogens with two attached hydrogens (primary N) is 1. The first-order chi connectivity index (χ1) is 16.5. The first-order valence-corrected chi connectivity index (χ1v) is 11.8. The van der Waals surface area contributed by atoms with E-state index in [4.69, 9.17) is 11.0 Å². The van der Waals surface area contributed by atoms with Crippen molar-refractivity contribution in [1.29, 1.82) is 5.26 Å². The number of rotatable bonds is 12. The van der Waals surface area contributed by atoms with Gasteiger partial charge in [-0.15, -0.1) is 9.24 Å². The molecule has 1 aromatic rings. The van der Waals surface area contributed by atoms with Crippen molar-refractivity contribution in [2.45, 2.75) is 31.8 Å². The molecule has 36 heavy (non-hydrogen) atoms. The van der Waals surface area contributed by atoms with Gasteiger partial charge in [-0.2, -0.15) is 17.9 Å². The van der Waals surface area contributed by atoms with E-state index in [1.165, 1.54) is 19.1 Å². The topological polar surface area (TPSA) is 204 Å². The molecule has 5 amide bonds. The Kier molecular flexibility index (Phi) is 20.2. The van der Waals surface area contributed by atoms with Crippen LogP contribution in [-0.2, 0) is 50.5 Å². The fourth-order valence-corrected chi connectivity index (χ4v) is 2.72. The van der Waals surface area contributed by atoms with Gasteiger partial charge in [-0.05, 0) is 23.9 Å². The Labute approximate surface area is 230 Å². The van der Waals surface area contributed by atoms with Crippen molar-refractivity contribution >= 4 is 51.4 Å². The molecule has 0 aliphatic carbocycles. The summed E-state index contributed by atoms with van der Waals surface area (Å²) < 4.78 is 0. The number of thiol groups is 1. The first kappa shape index (κ1) is 35.5. The average Bonchev–Trinajstić information content (AvgIpc) is 2.81. The fourth-order valence-electron chi connectivity index (χ4n) is 2.34. The minimum Gasteiger partial charge on any atom is -0.508 e. The maximum atomic E-state index is 12.1. The number of primary amides is 1. The molecule has 0 aliphatic rings. The van der Waals surface area contributed by atoms with Gasteiger partial charge in [0, 0.05) is 45.6 Å². The monoisotopic (exact) mass is 625 g/mol. The second kappa shape index (κ2) is 20.5. The molecule has 1 unspecified atom stereocenters. The summed E-state index contributed by atoms with van der Waals surface area (Å²) in [6, 6.07) is 6.00. The van der Waals surface area contributed by atoms with Crippen molar-refractivity contribution in [1.82, 2.24) is 21.3 Å². The quantitative estimate of drug-likeness (QED) is 0.106. The van der Waals surface area contributed by atoms with E-state index in [9.17, 15) is 29.1 Å². The summed E-state index contributed by atoms with van der Waals surface area (Å²) in [6.45, 7) is 0.491. The Morgan fingerprint density at radius 2 is 1.58 bits per heavy atom. The number of carbonyl (C=O) groups is 5. The number of phenols is 1. The third kappa shape index (κ3) is 16.8. The minimum absolute atomic E-state index is 0. The first-order valence-electron chi connectivity index (χ1n) is 10.4. The number of carbonyl (C=O) groups excluding carboxylic acids is 5. The fraction of sp³-hybridized carbons (Fsp3) is 0.429. The minimum atomic E-state index is -1.02. The largest absolute Gasteiger partial charge is 0.508 e. The predicted molar refractivity (Wildman–Crippen MR) is 135 cm³/mol. The molecule has 7 N–H and O–H groups in total. The maximum Gasteiger partial charge on any atom is 0.243 e. The third-order valence-electron chi connectivity index (χ3n) is 4.07. The number of amides is 5. The van der Waals surface area contributed by atoms with Crippen LogP contribution < -0.4 is 27.0 Å². The normalized spacial score (nSPS) is 11.1. The summed E-state index contributed by atoms with van der Waals surface area (Å²) in [5.74, 6) is -3.05. The number of hydrogen-bond donors (Lipinski definition) is 7. The summed E-state index contributed by atoms with van der Waals surface area (Å²) in [5, 5.41) is 26.5. The summed E-state index contributed by atoms with van der Waals surface area (Å²) in [6.07, 6.45) is 1.66. The number of benzene rings is 1.